The van der Waals surface area contributed by atoms with E-state index in [9.17, 15) is 8.78 Å². The second kappa shape index (κ2) is 3.50. The van der Waals surface area contributed by atoms with E-state index in [4.69, 9.17) is 0 Å². The van der Waals surface area contributed by atoms with Crippen molar-refractivity contribution in [2.24, 2.45) is 0 Å². The maximum absolute atomic E-state index is 12.2. The van der Waals surface area contributed by atoms with Crippen molar-refractivity contribution in [3.63, 3.8) is 0 Å². The molecule has 0 atom stereocenters. The largest absolute Gasteiger partial charge is 0.317 e. The van der Waals surface area contributed by atoms with Crippen molar-refractivity contribution in [2.75, 3.05) is 26.2 Å². The van der Waals surface area contributed by atoms with Gasteiger partial charge in [-0.1, -0.05) is 0 Å². The van der Waals surface area contributed by atoms with Gasteiger partial charge in [0.05, 0.1) is 6.54 Å². The van der Waals surface area contributed by atoms with Crippen LogP contribution in [0, 0.1) is 0 Å². The van der Waals surface area contributed by atoms with Gasteiger partial charge in [0.1, 0.15) is 0 Å². The second-order valence-corrected chi connectivity index (χ2v) is 4.06. The van der Waals surface area contributed by atoms with E-state index in [1.54, 1.807) is 0 Å². The first-order chi connectivity index (χ1) is 6.23. The average Bonchev–Trinajstić information content (AvgIpc) is 2.14. The molecule has 0 radical (unpaired) electrons. The smallest absolute Gasteiger partial charge is 0.251 e. The summed E-state index contributed by atoms with van der Waals surface area (Å²) in [6, 6.07) is 0. The zero-order chi connectivity index (χ0) is 9.31. The molecule has 2 heterocycles. The highest BCUT2D eigenvalue weighted by Crippen LogP contribution is 2.38. The fourth-order valence-electron chi connectivity index (χ4n) is 2.50. The van der Waals surface area contributed by atoms with Gasteiger partial charge in [0, 0.05) is 12.1 Å². The minimum absolute atomic E-state index is 0.0278. The number of nitrogens with one attached hydrogen (secondary N) is 1. The molecule has 2 rings (SSSR count). The van der Waals surface area contributed by atoms with Crippen molar-refractivity contribution >= 4 is 0 Å². The quantitative estimate of drug-likeness (QED) is 0.701. The molecule has 0 aliphatic carbocycles. The number of piperidine rings is 1. The molecule has 2 fully saturated rings. The molecule has 13 heavy (non-hydrogen) atoms. The van der Waals surface area contributed by atoms with Crippen molar-refractivity contribution in [3.8, 4) is 0 Å². The molecule has 76 valence electrons. The molecular formula is C9H16F2N2. The number of likely N-dealkylation sites (tertiary alicyclic amines) is 1. The van der Waals surface area contributed by atoms with E-state index in [-0.39, 0.29) is 12.1 Å². The van der Waals surface area contributed by atoms with Crippen LogP contribution in [-0.2, 0) is 0 Å². The predicted molar refractivity (Wildman–Crippen MR) is 47.0 cm³/mol. The van der Waals surface area contributed by atoms with Crippen molar-refractivity contribution in [2.45, 2.75) is 31.2 Å². The Morgan fingerprint density at radius 3 is 2.38 bits per heavy atom. The van der Waals surface area contributed by atoms with Crippen LogP contribution in [0.4, 0.5) is 8.78 Å². The summed E-state index contributed by atoms with van der Waals surface area (Å²) >= 11 is 0. The Balaban J connectivity index is 1.90. The lowest BCUT2D eigenvalue weighted by Crippen LogP contribution is -2.64. The molecule has 0 aromatic rings. The van der Waals surface area contributed by atoms with Crippen LogP contribution in [-0.4, -0.2) is 43.0 Å². The minimum atomic E-state index is -2.17. The van der Waals surface area contributed by atoms with E-state index < -0.39 is 6.43 Å². The lowest BCUT2D eigenvalue weighted by Gasteiger charge is -2.55. The molecule has 2 aliphatic rings. The summed E-state index contributed by atoms with van der Waals surface area (Å²) in [5.41, 5.74) is 0.141. The van der Waals surface area contributed by atoms with E-state index in [0.29, 0.717) is 0 Å². The third-order valence-electron chi connectivity index (χ3n) is 3.41. The van der Waals surface area contributed by atoms with Gasteiger partial charge in [-0.15, -0.1) is 0 Å². The molecule has 0 unspecified atom stereocenters. The molecule has 0 aromatic heterocycles. The van der Waals surface area contributed by atoms with Gasteiger partial charge in [-0.2, -0.15) is 0 Å². The number of rotatable bonds is 2. The second-order valence-electron chi connectivity index (χ2n) is 4.06. The third kappa shape index (κ3) is 1.70. The zero-order valence-electron chi connectivity index (χ0n) is 7.73. The molecule has 4 heteroatoms. The van der Waals surface area contributed by atoms with Gasteiger partial charge in [0.2, 0.25) is 0 Å². The maximum atomic E-state index is 12.2. The average molecular weight is 190 g/mol. The Labute approximate surface area is 77.3 Å². The molecule has 2 aliphatic heterocycles. The zero-order valence-corrected chi connectivity index (χ0v) is 7.73. The Morgan fingerprint density at radius 1 is 1.23 bits per heavy atom. The van der Waals surface area contributed by atoms with Crippen LogP contribution < -0.4 is 5.32 Å². The molecule has 0 aromatic carbocycles. The first-order valence-corrected chi connectivity index (χ1v) is 4.97. The summed E-state index contributed by atoms with van der Waals surface area (Å²) in [6.07, 6.45) is 1.02. The number of halogens is 2. The van der Waals surface area contributed by atoms with Gasteiger partial charge < -0.3 is 5.32 Å². The summed E-state index contributed by atoms with van der Waals surface area (Å²) < 4.78 is 24.4. The molecule has 1 spiro atoms. The lowest BCUT2D eigenvalue weighted by atomic mass is 9.77. The third-order valence-corrected chi connectivity index (χ3v) is 3.41. The maximum Gasteiger partial charge on any atom is 0.251 e. The fraction of sp³-hybridized carbons (Fsp3) is 1.00. The summed E-state index contributed by atoms with van der Waals surface area (Å²) in [5, 5.41) is 3.27. The highest BCUT2D eigenvalue weighted by atomic mass is 19.3. The van der Waals surface area contributed by atoms with E-state index >= 15 is 0 Å². The lowest BCUT2D eigenvalue weighted by molar-refractivity contribution is -0.0686. The summed E-state index contributed by atoms with van der Waals surface area (Å²) in [6.45, 7) is 2.81. The summed E-state index contributed by atoms with van der Waals surface area (Å²) in [4.78, 5) is 1.97. The first-order valence-electron chi connectivity index (χ1n) is 4.97. The van der Waals surface area contributed by atoms with Gasteiger partial charge in [0.15, 0.2) is 0 Å². The van der Waals surface area contributed by atoms with Crippen LogP contribution >= 0.6 is 0 Å². The van der Waals surface area contributed by atoms with Crippen LogP contribution in [0.1, 0.15) is 19.3 Å². The molecular weight excluding hydrogens is 174 g/mol. The minimum Gasteiger partial charge on any atom is -0.317 e. The van der Waals surface area contributed by atoms with Gasteiger partial charge >= 0.3 is 0 Å². The molecule has 1 N–H and O–H groups in total. The van der Waals surface area contributed by atoms with Gasteiger partial charge in [0.25, 0.3) is 6.43 Å². The SMILES string of the molecule is FC(F)CN1CCC12CCNCC2. The highest BCUT2D eigenvalue weighted by Gasteiger charge is 2.45. The number of hydrogen-bond donors (Lipinski definition) is 1. The standard InChI is InChI=1S/C9H16F2N2/c10-8(11)7-13-6-3-9(13)1-4-12-5-2-9/h8,12H,1-7H2. The van der Waals surface area contributed by atoms with Gasteiger partial charge in [-0.3, -0.25) is 4.90 Å². The normalized spacial score (nSPS) is 27.9. The van der Waals surface area contributed by atoms with E-state index in [0.717, 1.165) is 38.9 Å². The first kappa shape index (κ1) is 9.34. The van der Waals surface area contributed by atoms with Crippen molar-refractivity contribution in [1.29, 1.82) is 0 Å². The van der Waals surface area contributed by atoms with Crippen LogP contribution in [0.15, 0.2) is 0 Å². The summed E-state index contributed by atoms with van der Waals surface area (Å²) in [7, 11) is 0. The van der Waals surface area contributed by atoms with E-state index in [2.05, 4.69) is 5.32 Å². The van der Waals surface area contributed by atoms with Crippen molar-refractivity contribution in [3.05, 3.63) is 0 Å². The molecule has 0 amide bonds. The predicted octanol–water partition coefficient (Wildman–Crippen LogP) is 1.08. The Bertz CT molecular complexity index is 178. The number of alkyl halides is 2. The monoisotopic (exact) mass is 190 g/mol. The molecule has 2 nitrogen and oxygen atoms in total. The van der Waals surface area contributed by atoms with Crippen LogP contribution in [0.3, 0.4) is 0 Å². The van der Waals surface area contributed by atoms with Crippen molar-refractivity contribution < 1.29 is 8.78 Å². The summed E-state index contributed by atoms with van der Waals surface area (Å²) in [5.74, 6) is 0. The Hall–Kier alpha value is -0.220. The van der Waals surface area contributed by atoms with Gasteiger partial charge in [-0.05, 0) is 32.4 Å². The molecule has 0 saturated carbocycles. The van der Waals surface area contributed by atoms with E-state index in [1.165, 1.54) is 0 Å². The van der Waals surface area contributed by atoms with Crippen LogP contribution in [0.5, 0.6) is 0 Å². The fourth-order valence-corrected chi connectivity index (χ4v) is 2.50. The molecule has 0 bridgehead atoms. The Morgan fingerprint density at radius 2 is 1.92 bits per heavy atom. The van der Waals surface area contributed by atoms with Crippen LogP contribution in [0.25, 0.3) is 0 Å². The van der Waals surface area contributed by atoms with E-state index in [1.807, 2.05) is 4.90 Å². The van der Waals surface area contributed by atoms with Crippen molar-refractivity contribution in [1.82, 2.24) is 10.2 Å². The Kier molecular flexibility index (Phi) is 2.51. The number of hydrogen-bond acceptors (Lipinski definition) is 2. The topological polar surface area (TPSA) is 15.3 Å². The number of nitrogens with zero attached hydrogens (tertiary/aromatic N) is 1. The highest BCUT2D eigenvalue weighted by molar-refractivity contribution is 5.02. The molecule has 2 saturated heterocycles. The van der Waals surface area contributed by atoms with Gasteiger partial charge in [-0.25, -0.2) is 8.78 Å². The van der Waals surface area contributed by atoms with Crippen LogP contribution in [0.2, 0.25) is 0 Å².